The van der Waals surface area contributed by atoms with Gasteiger partial charge >= 0.3 is 13.2 Å². The number of nitrogens with two attached hydrogens (primary N) is 1. The fraction of sp³-hybridized carbons (Fsp3) is 0.348. The first-order valence-electron chi connectivity index (χ1n) is 10.6. The van der Waals surface area contributed by atoms with Crippen molar-refractivity contribution in [3.63, 3.8) is 0 Å². The minimum absolute atomic E-state index is 0.109. The molecule has 10 heteroatoms. The number of hydrogen-bond donors (Lipinski definition) is 3. The Bertz CT molecular complexity index is 1010. The molecular formula is C23H29BN4O5. The van der Waals surface area contributed by atoms with Gasteiger partial charge in [0.1, 0.15) is 6.61 Å². The van der Waals surface area contributed by atoms with Crippen molar-refractivity contribution in [1.82, 2.24) is 15.7 Å². The van der Waals surface area contributed by atoms with E-state index in [1.807, 2.05) is 58.0 Å². The summed E-state index contributed by atoms with van der Waals surface area (Å²) >= 11 is 0. The van der Waals surface area contributed by atoms with Crippen molar-refractivity contribution in [2.45, 2.75) is 45.5 Å². The first-order valence-corrected chi connectivity index (χ1v) is 10.6. The summed E-state index contributed by atoms with van der Waals surface area (Å²) in [6, 6.07) is 11.0. The fourth-order valence-electron chi connectivity index (χ4n) is 3.10. The van der Waals surface area contributed by atoms with Gasteiger partial charge in [0.25, 0.3) is 5.91 Å². The van der Waals surface area contributed by atoms with E-state index in [0.29, 0.717) is 16.6 Å². The summed E-state index contributed by atoms with van der Waals surface area (Å²) in [5.41, 5.74) is 3.40. The van der Waals surface area contributed by atoms with E-state index in [-0.39, 0.29) is 13.2 Å². The molecule has 1 fully saturated rings. The van der Waals surface area contributed by atoms with Crippen molar-refractivity contribution < 1.29 is 23.6 Å². The van der Waals surface area contributed by atoms with E-state index < -0.39 is 30.3 Å². The van der Waals surface area contributed by atoms with E-state index in [9.17, 15) is 9.59 Å². The molecule has 1 saturated heterocycles. The van der Waals surface area contributed by atoms with Crippen LogP contribution in [0.15, 0.2) is 54.3 Å². The fourth-order valence-corrected chi connectivity index (χ4v) is 3.10. The van der Waals surface area contributed by atoms with Crippen molar-refractivity contribution in [1.29, 1.82) is 0 Å². The highest BCUT2D eigenvalue weighted by molar-refractivity contribution is 6.56. The van der Waals surface area contributed by atoms with Crippen LogP contribution >= 0.6 is 0 Å². The van der Waals surface area contributed by atoms with Gasteiger partial charge in [-0.05, 0) is 50.4 Å². The van der Waals surface area contributed by atoms with Crippen LogP contribution in [0.2, 0.25) is 0 Å². The van der Waals surface area contributed by atoms with Gasteiger partial charge in [-0.1, -0.05) is 36.4 Å². The van der Waals surface area contributed by atoms with Crippen LogP contribution in [-0.4, -0.2) is 41.8 Å². The van der Waals surface area contributed by atoms with Crippen LogP contribution in [0.25, 0.3) is 6.08 Å². The Morgan fingerprint density at radius 1 is 1.12 bits per heavy atom. The predicted octanol–water partition coefficient (Wildman–Crippen LogP) is 2.63. The van der Waals surface area contributed by atoms with Gasteiger partial charge in [0, 0.05) is 18.9 Å². The number of nitrogens with one attached hydrogen (secondary N) is 2. The van der Waals surface area contributed by atoms with Crippen molar-refractivity contribution in [2.75, 3.05) is 6.54 Å². The van der Waals surface area contributed by atoms with E-state index in [1.165, 1.54) is 6.20 Å². The van der Waals surface area contributed by atoms with Gasteiger partial charge < -0.3 is 19.4 Å². The summed E-state index contributed by atoms with van der Waals surface area (Å²) in [5.74, 6) is 4.76. The van der Waals surface area contributed by atoms with Crippen molar-refractivity contribution in [3.05, 3.63) is 71.0 Å². The standard InChI is InChI=1S/C23H29BN4O5/c1-22(2)23(3,4)33-24(32-22)19(11-17-10-18(13-26-12-17)20(29)28-25)14-27-21(30)31-15-16-8-6-5-7-9-16/h5-13H,14-15,25H2,1-4H3,(H,27,30)(H,28,29). The van der Waals surface area contributed by atoms with E-state index >= 15 is 0 Å². The Hall–Kier alpha value is -3.21. The number of ether oxygens (including phenoxy) is 1. The normalized spacial score (nSPS) is 16.9. The second-order valence-electron chi connectivity index (χ2n) is 8.70. The lowest BCUT2D eigenvalue weighted by Crippen LogP contribution is -2.41. The summed E-state index contributed by atoms with van der Waals surface area (Å²) in [4.78, 5) is 28.3. The first-order chi connectivity index (χ1) is 15.6. The lowest BCUT2D eigenvalue weighted by atomic mass is 9.77. The van der Waals surface area contributed by atoms with Gasteiger partial charge in [-0.3, -0.25) is 15.2 Å². The SMILES string of the molecule is CC1(C)OB(C(=Cc2cncc(C(=O)NN)c2)CNC(=O)OCc2ccccc2)OC1(C)C. The zero-order valence-corrected chi connectivity index (χ0v) is 19.3. The van der Waals surface area contributed by atoms with Crippen molar-refractivity contribution >= 4 is 25.2 Å². The molecule has 0 atom stereocenters. The van der Waals surface area contributed by atoms with Crippen LogP contribution in [0.1, 0.15) is 49.2 Å². The van der Waals surface area contributed by atoms with Crippen LogP contribution in [0.3, 0.4) is 0 Å². The number of hydrogen-bond acceptors (Lipinski definition) is 7. The molecule has 0 saturated carbocycles. The first kappa shape index (κ1) is 24.4. The molecule has 2 amide bonds. The third-order valence-corrected chi connectivity index (χ3v) is 5.71. The van der Waals surface area contributed by atoms with Gasteiger partial charge in [0.05, 0.1) is 16.8 Å². The number of nitrogens with zero attached hydrogens (tertiary/aromatic N) is 1. The molecule has 0 aliphatic carbocycles. The number of aromatic nitrogens is 1. The Labute approximate surface area is 193 Å². The van der Waals surface area contributed by atoms with E-state index in [4.69, 9.17) is 19.9 Å². The molecule has 33 heavy (non-hydrogen) atoms. The number of carbonyl (C=O) groups excluding carboxylic acids is 2. The third-order valence-electron chi connectivity index (χ3n) is 5.71. The predicted molar refractivity (Wildman–Crippen MR) is 125 cm³/mol. The van der Waals surface area contributed by atoms with Crippen LogP contribution in [0.4, 0.5) is 4.79 Å². The lowest BCUT2D eigenvalue weighted by molar-refractivity contribution is 0.00578. The average molecular weight is 452 g/mol. The molecule has 9 nitrogen and oxygen atoms in total. The smallest absolute Gasteiger partial charge is 0.445 e. The monoisotopic (exact) mass is 452 g/mol. The number of amides is 2. The maximum atomic E-state index is 12.3. The summed E-state index contributed by atoms with van der Waals surface area (Å²) < 4.78 is 17.6. The highest BCUT2D eigenvalue weighted by atomic mass is 16.7. The number of alkyl carbamates (subject to hydrolysis) is 1. The van der Waals surface area contributed by atoms with Gasteiger partial charge in [0.2, 0.25) is 0 Å². The highest BCUT2D eigenvalue weighted by Gasteiger charge is 2.52. The number of nitrogen functional groups attached to an aromatic ring is 1. The number of pyridine rings is 1. The Balaban J connectivity index is 1.77. The minimum Gasteiger partial charge on any atom is -0.445 e. The molecule has 4 N–H and O–H groups in total. The molecule has 1 aliphatic heterocycles. The minimum atomic E-state index is -0.712. The Morgan fingerprint density at radius 2 is 1.79 bits per heavy atom. The second kappa shape index (κ2) is 10.2. The van der Waals surface area contributed by atoms with Gasteiger partial charge in [-0.25, -0.2) is 10.6 Å². The molecule has 0 unspecified atom stereocenters. The average Bonchev–Trinajstić information content (AvgIpc) is 3.02. The molecule has 174 valence electrons. The van der Waals surface area contributed by atoms with Crippen molar-refractivity contribution in [3.8, 4) is 0 Å². The number of hydrazine groups is 1. The summed E-state index contributed by atoms with van der Waals surface area (Å²) in [7, 11) is -0.712. The third kappa shape index (κ3) is 6.19. The molecule has 2 heterocycles. The molecule has 0 radical (unpaired) electrons. The molecule has 1 aromatic heterocycles. The summed E-state index contributed by atoms with van der Waals surface area (Å²) in [5, 5.41) is 2.74. The van der Waals surface area contributed by atoms with E-state index in [2.05, 4.69) is 15.7 Å². The molecule has 1 aliphatic rings. The maximum absolute atomic E-state index is 12.3. The largest absolute Gasteiger partial charge is 0.492 e. The van der Waals surface area contributed by atoms with Crippen LogP contribution < -0.4 is 16.6 Å². The van der Waals surface area contributed by atoms with Crippen LogP contribution in [0, 0.1) is 0 Å². The molecule has 0 bridgehead atoms. The molecule has 1 aromatic carbocycles. The highest BCUT2D eigenvalue weighted by Crippen LogP contribution is 2.38. The molecule has 2 aromatic rings. The quantitative estimate of drug-likeness (QED) is 0.255. The molecule has 3 rings (SSSR count). The van der Waals surface area contributed by atoms with Gasteiger partial charge in [0.15, 0.2) is 0 Å². The zero-order chi connectivity index (χ0) is 24.1. The number of benzene rings is 1. The Kier molecular flexibility index (Phi) is 7.52. The Morgan fingerprint density at radius 3 is 2.42 bits per heavy atom. The van der Waals surface area contributed by atoms with E-state index in [1.54, 1.807) is 18.3 Å². The van der Waals surface area contributed by atoms with Crippen molar-refractivity contribution in [2.24, 2.45) is 5.84 Å². The number of rotatable bonds is 7. The summed E-state index contributed by atoms with van der Waals surface area (Å²) in [6.45, 7) is 8.04. The van der Waals surface area contributed by atoms with Crippen LogP contribution in [0.5, 0.6) is 0 Å². The molecule has 0 spiro atoms. The maximum Gasteiger partial charge on any atom is 0.492 e. The lowest BCUT2D eigenvalue weighted by Gasteiger charge is -2.32. The molecular weight excluding hydrogens is 423 g/mol. The second-order valence-corrected chi connectivity index (χ2v) is 8.70. The van der Waals surface area contributed by atoms with E-state index in [0.717, 1.165) is 5.56 Å². The van der Waals surface area contributed by atoms with Gasteiger partial charge in [-0.15, -0.1) is 0 Å². The van der Waals surface area contributed by atoms with Gasteiger partial charge in [-0.2, -0.15) is 0 Å². The zero-order valence-electron chi connectivity index (χ0n) is 19.3. The topological polar surface area (TPSA) is 125 Å². The summed E-state index contributed by atoms with van der Waals surface area (Å²) in [6.07, 6.45) is 4.19. The number of carbonyl (C=O) groups is 2. The van der Waals surface area contributed by atoms with Crippen LogP contribution in [-0.2, 0) is 20.7 Å².